The minimum Gasteiger partial charge on any atom is -0.467 e. The van der Waals surface area contributed by atoms with E-state index in [0.717, 1.165) is 30.6 Å². The van der Waals surface area contributed by atoms with Gasteiger partial charge in [0.1, 0.15) is 5.54 Å². The third-order valence-corrected chi connectivity index (χ3v) is 8.22. The molecular weight excluding hydrogens is 462 g/mol. The van der Waals surface area contributed by atoms with E-state index in [-0.39, 0.29) is 35.6 Å². The van der Waals surface area contributed by atoms with Gasteiger partial charge in [0.15, 0.2) is 0 Å². The maximum atomic E-state index is 14.4. The van der Waals surface area contributed by atoms with E-state index < -0.39 is 11.5 Å². The second kappa shape index (κ2) is 8.58. The molecule has 11 heteroatoms. The van der Waals surface area contributed by atoms with Crippen molar-refractivity contribution >= 4 is 23.4 Å². The Hall–Kier alpha value is -3.47. The van der Waals surface area contributed by atoms with Gasteiger partial charge in [-0.25, -0.2) is 4.68 Å². The highest BCUT2D eigenvalue weighted by molar-refractivity contribution is 6.11. The summed E-state index contributed by atoms with van der Waals surface area (Å²) in [5.74, 6) is -0.845. The summed E-state index contributed by atoms with van der Waals surface area (Å²) in [7, 11) is 3.14. The van der Waals surface area contributed by atoms with Gasteiger partial charge in [-0.15, -0.1) is 5.10 Å². The SMILES string of the molecule is COc1nc(C(=O)N2CCCNC(=O)[C@@H]3C[C@@H]4CCCN4[C@@]34C(=O)N(CC2)c2ccccc24)nn1C. The summed E-state index contributed by atoms with van der Waals surface area (Å²) < 4.78 is 6.58. The first kappa shape index (κ1) is 23.0. The lowest BCUT2D eigenvalue weighted by Crippen LogP contribution is -2.57. The number of para-hydroxylation sites is 1. The van der Waals surface area contributed by atoms with E-state index in [1.54, 1.807) is 16.8 Å². The lowest BCUT2D eigenvalue weighted by atomic mass is 9.78. The van der Waals surface area contributed by atoms with Crippen molar-refractivity contribution in [1.29, 1.82) is 0 Å². The number of nitrogens with one attached hydrogen (secondary N) is 1. The second-order valence-corrected chi connectivity index (χ2v) is 10.0. The highest BCUT2D eigenvalue weighted by Gasteiger charge is 2.67. The molecule has 3 amide bonds. The van der Waals surface area contributed by atoms with Gasteiger partial charge in [0, 0.05) is 50.5 Å². The molecule has 4 aliphatic heterocycles. The zero-order chi connectivity index (χ0) is 25.0. The first-order chi connectivity index (χ1) is 17.5. The maximum Gasteiger partial charge on any atom is 0.314 e. The number of hydrogen-bond donors (Lipinski definition) is 1. The van der Waals surface area contributed by atoms with E-state index >= 15 is 0 Å². The lowest BCUT2D eigenvalue weighted by Gasteiger charge is -2.37. The van der Waals surface area contributed by atoms with Crippen molar-refractivity contribution in [3.63, 3.8) is 0 Å². The highest BCUT2D eigenvalue weighted by atomic mass is 16.5. The van der Waals surface area contributed by atoms with Crippen molar-refractivity contribution < 1.29 is 19.1 Å². The average Bonchev–Trinajstić information content (AvgIpc) is 3.62. The third kappa shape index (κ3) is 3.18. The van der Waals surface area contributed by atoms with Crippen LogP contribution < -0.4 is 15.0 Å². The van der Waals surface area contributed by atoms with Crippen LogP contribution in [0.4, 0.5) is 5.69 Å². The second-order valence-electron chi connectivity index (χ2n) is 10.0. The van der Waals surface area contributed by atoms with Crippen molar-refractivity contribution in [2.75, 3.05) is 44.7 Å². The third-order valence-electron chi connectivity index (χ3n) is 8.22. The van der Waals surface area contributed by atoms with Gasteiger partial charge in [0.25, 0.3) is 11.8 Å². The van der Waals surface area contributed by atoms with Crippen molar-refractivity contribution in [3.05, 3.63) is 35.7 Å². The first-order valence-corrected chi connectivity index (χ1v) is 12.7. The molecule has 2 aromatic rings. The van der Waals surface area contributed by atoms with Gasteiger partial charge >= 0.3 is 6.01 Å². The van der Waals surface area contributed by atoms with Gasteiger partial charge in [-0.2, -0.15) is 4.98 Å². The number of aromatic nitrogens is 3. The number of methoxy groups -OCH3 is 1. The summed E-state index contributed by atoms with van der Waals surface area (Å²) in [6, 6.07) is 8.31. The van der Waals surface area contributed by atoms with Gasteiger partial charge in [-0.1, -0.05) is 18.2 Å². The summed E-state index contributed by atoms with van der Waals surface area (Å²) in [6.45, 7) is 2.31. The van der Waals surface area contributed by atoms with E-state index in [2.05, 4.69) is 20.3 Å². The van der Waals surface area contributed by atoms with Crippen LogP contribution in [0.1, 0.15) is 41.9 Å². The first-order valence-electron chi connectivity index (χ1n) is 12.7. The molecule has 0 unspecified atom stereocenters. The molecular formula is C25H31N7O4. The predicted molar refractivity (Wildman–Crippen MR) is 129 cm³/mol. The van der Waals surface area contributed by atoms with Crippen LogP contribution in [0.3, 0.4) is 0 Å². The van der Waals surface area contributed by atoms with Gasteiger partial charge in [0.05, 0.1) is 13.0 Å². The topological polar surface area (TPSA) is 113 Å². The van der Waals surface area contributed by atoms with Crippen molar-refractivity contribution in [1.82, 2.24) is 29.9 Å². The minimum atomic E-state index is -0.980. The molecule has 190 valence electrons. The summed E-state index contributed by atoms with van der Waals surface area (Å²) in [5, 5.41) is 7.29. The van der Waals surface area contributed by atoms with Crippen LogP contribution in [-0.2, 0) is 22.2 Å². The molecule has 1 aromatic heterocycles. The Morgan fingerprint density at radius 3 is 2.78 bits per heavy atom. The Bertz CT molecular complexity index is 1230. The van der Waals surface area contributed by atoms with E-state index in [0.29, 0.717) is 39.0 Å². The molecule has 0 radical (unpaired) electrons. The number of amides is 3. The summed E-state index contributed by atoms with van der Waals surface area (Å²) in [4.78, 5) is 51.2. The number of benzene rings is 1. The fraction of sp³-hybridized carbons (Fsp3) is 0.560. The number of carbonyl (C=O) groups is 3. The molecule has 11 nitrogen and oxygen atoms in total. The molecule has 36 heavy (non-hydrogen) atoms. The Morgan fingerprint density at radius 2 is 1.97 bits per heavy atom. The summed E-state index contributed by atoms with van der Waals surface area (Å²) in [5.41, 5.74) is 0.760. The molecule has 0 aliphatic carbocycles. The van der Waals surface area contributed by atoms with Gasteiger partial charge < -0.3 is 19.9 Å². The van der Waals surface area contributed by atoms with Gasteiger partial charge in [0.2, 0.25) is 11.7 Å². The molecule has 3 atom stereocenters. The molecule has 3 fully saturated rings. The molecule has 6 rings (SSSR count). The van der Waals surface area contributed by atoms with Gasteiger partial charge in [-0.3, -0.25) is 19.3 Å². The number of aryl methyl sites for hydroxylation is 1. The van der Waals surface area contributed by atoms with Crippen LogP contribution in [0.2, 0.25) is 0 Å². The number of nitrogens with zero attached hydrogens (tertiary/aromatic N) is 6. The number of fused-ring (bicyclic) bond motifs is 4. The molecule has 4 aliphatic rings. The average molecular weight is 494 g/mol. The Morgan fingerprint density at radius 1 is 1.14 bits per heavy atom. The Labute approximate surface area is 209 Å². The van der Waals surface area contributed by atoms with E-state index in [1.165, 1.54) is 11.8 Å². The van der Waals surface area contributed by atoms with Crippen LogP contribution in [0.5, 0.6) is 6.01 Å². The number of hydrogen-bond acceptors (Lipinski definition) is 7. The van der Waals surface area contributed by atoms with E-state index in [1.807, 2.05) is 24.3 Å². The van der Waals surface area contributed by atoms with Crippen LogP contribution in [0.25, 0.3) is 0 Å². The molecule has 5 heterocycles. The maximum absolute atomic E-state index is 14.4. The van der Waals surface area contributed by atoms with Crippen molar-refractivity contribution in [2.45, 2.75) is 37.3 Å². The monoisotopic (exact) mass is 493 g/mol. The smallest absolute Gasteiger partial charge is 0.314 e. The van der Waals surface area contributed by atoms with Crippen LogP contribution in [0.15, 0.2) is 24.3 Å². The molecule has 1 N–H and O–H groups in total. The number of anilines is 1. The largest absolute Gasteiger partial charge is 0.467 e. The molecule has 3 saturated heterocycles. The van der Waals surface area contributed by atoms with E-state index in [9.17, 15) is 14.4 Å². The van der Waals surface area contributed by atoms with E-state index in [4.69, 9.17) is 4.74 Å². The van der Waals surface area contributed by atoms with Gasteiger partial charge in [-0.05, 0) is 38.3 Å². The number of ether oxygens (including phenoxy) is 1. The minimum absolute atomic E-state index is 0.0471. The molecule has 0 saturated carbocycles. The Kier molecular flexibility index (Phi) is 5.47. The normalized spacial score (nSPS) is 28.2. The highest BCUT2D eigenvalue weighted by Crippen LogP contribution is 2.57. The zero-order valence-electron chi connectivity index (χ0n) is 20.6. The molecule has 2 bridgehead atoms. The predicted octanol–water partition coefficient (Wildman–Crippen LogP) is 0.512. The molecule has 1 spiro atoms. The number of rotatable bonds is 2. The van der Waals surface area contributed by atoms with Crippen LogP contribution in [0, 0.1) is 5.92 Å². The zero-order valence-corrected chi connectivity index (χ0v) is 20.6. The number of carbonyl (C=O) groups excluding carboxylic acids is 3. The lowest BCUT2D eigenvalue weighted by molar-refractivity contribution is -0.139. The molecule has 1 aromatic carbocycles. The standard InChI is InChI=1S/C25H31N7O4/c1-29-24(36-2)27-20(28-29)22(34)30-11-6-10-26-21(33)18-15-16-7-5-12-32(16)25(18)17-8-3-4-9-19(17)31(14-13-30)23(25)35/h3-4,8-9,16,18H,5-7,10-15H2,1-2H3,(H,26,33)/t16-,18-,25+/m0/s1. The summed E-state index contributed by atoms with van der Waals surface area (Å²) >= 11 is 0. The summed E-state index contributed by atoms with van der Waals surface area (Å²) in [6.07, 6.45) is 3.32. The van der Waals surface area contributed by atoms with Crippen LogP contribution in [-0.4, -0.2) is 88.2 Å². The van der Waals surface area contributed by atoms with Crippen molar-refractivity contribution in [3.8, 4) is 6.01 Å². The van der Waals surface area contributed by atoms with Crippen molar-refractivity contribution in [2.24, 2.45) is 13.0 Å². The Balaban J connectivity index is 1.38. The fourth-order valence-corrected chi connectivity index (χ4v) is 6.70. The quantitative estimate of drug-likeness (QED) is 0.649. The van der Waals surface area contributed by atoms with Crippen LogP contribution >= 0.6 is 0 Å². The fourth-order valence-electron chi connectivity index (χ4n) is 6.70.